The molecule has 4 N–H and O–H groups in total. The minimum Gasteiger partial charge on any atom is -0.481 e. The number of rotatable bonds is 18. The predicted octanol–water partition coefficient (Wildman–Crippen LogP) is 9.28. The van der Waals surface area contributed by atoms with E-state index in [0.29, 0.717) is 42.5 Å². The van der Waals surface area contributed by atoms with Crippen LogP contribution in [0.25, 0.3) is 0 Å². The first-order valence-corrected chi connectivity index (χ1v) is 24.0. The minimum absolute atomic E-state index is 0. The van der Waals surface area contributed by atoms with Gasteiger partial charge in [-0.25, -0.2) is 14.4 Å². The van der Waals surface area contributed by atoms with Crippen LogP contribution in [0.3, 0.4) is 0 Å². The molecule has 0 fully saturated rings. The van der Waals surface area contributed by atoms with Gasteiger partial charge in [0.05, 0.1) is 43.9 Å². The number of esters is 3. The maximum Gasteiger partial charge on any atom is 0.333 e. The molecule has 0 rings (SSSR count). The SMILES string of the molecule is CC(C(=O)O)C(C)(C)C.CCOC(=O)/C(C)=C/[C@@H](NC)C(C)C.CCOC(=O)/C(C)=C/[C@H](C(C)C)N(C)C(=O)C(C)C(C)(C)C.CCOC(=O)/C(C)=C/[C@H](C(C)C)N(C)C(=O)C(N)C(C)(C)C.Cl.[3H][B].[U]. The van der Waals surface area contributed by atoms with Crippen molar-refractivity contribution in [2.75, 3.05) is 41.0 Å². The Balaban J connectivity index is -0.000000157. The predicted molar refractivity (Wildman–Crippen MR) is 288 cm³/mol. The van der Waals surface area contributed by atoms with Crippen molar-refractivity contribution in [1.29, 1.82) is 1.34 Å². The fraction of sp³-hybridized carbons (Fsp3) is 0.774. The van der Waals surface area contributed by atoms with Crippen LogP contribution in [0, 0.1) is 76.9 Å². The third kappa shape index (κ3) is 33.2. The van der Waals surface area contributed by atoms with Gasteiger partial charge in [0.15, 0.2) is 0 Å². The van der Waals surface area contributed by atoms with Gasteiger partial charge in [-0.05, 0) is 83.9 Å². The molecule has 0 saturated heterocycles. The molecule has 408 valence electrons. The van der Waals surface area contributed by atoms with E-state index in [1.165, 1.54) is 0 Å². The summed E-state index contributed by atoms with van der Waals surface area (Å²) in [4.78, 5) is 73.8. The van der Waals surface area contributed by atoms with E-state index >= 15 is 0 Å². The smallest absolute Gasteiger partial charge is 0.333 e. The molecule has 0 saturated carbocycles. The maximum atomic E-state index is 12.7. The van der Waals surface area contributed by atoms with Gasteiger partial charge in [-0.15, -0.1) is 12.4 Å². The van der Waals surface area contributed by atoms with Crippen LogP contribution in [0.5, 0.6) is 0 Å². The van der Waals surface area contributed by atoms with Gasteiger partial charge in [0.1, 0.15) is 0 Å². The van der Waals surface area contributed by atoms with E-state index < -0.39 is 12.0 Å². The van der Waals surface area contributed by atoms with Crippen LogP contribution in [0.2, 0.25) is 0 Å². The number of carbonyl (C=O) groups excluding carboxylic acids is 5. The number of carboxylic acids is 1. The Hall–Kier alpha value is -2.63. The molecule has 0 aliphatic carbocycles. The van der Waals surface area contributed by atoms with E-state index in [0.717, 1.165) is 0 Å². The monoisotopic (exact) mass is 1240 g/mol. The molecular formula is C53H102BClN4O10U. The van der Waals surface area contributed by atoms with Gasteiger partial charge in [0.25, 0.3) is 0 Å². The number of carboxylic acid groups (broad SMARTS) is 1. The first kappa shape index (κ1) is 78.8. The first-order valence-electron chi connectivity index (χ1n) is 24.6. The summed E-state index contributed by atoms with van der Waals surface area (Å²) in [7, 11) is 9.18. The zero-order chi connectivity index (χ0) is 56.1. The summed E-state index contributed by atoms with van der Waals surface area (Å²) >= 11 is 0. The van der Waals surface area contributed by atoms with Crippen molar-refractivity contribution in [2.24, 2.45) is 51.6 Å². The van der Waals surface area contributed by atoms with Crippen molar-refractivity contribution in [3.63, 3.8) is 0 Å². The van der Waals surface area contributed by atoms with E-state index in [1.54, 1.807) is 64.5 Å². The van der Waals surface area contributed by atoms with Crippen LogP contribution in [0.4, 0.5) is 0 Å². The Morgan fingerprint density at radius 2 is 0.871 bits per heavy atom. The van der Waals surface area contributed by atoms with E-state index in [4.69, 9.17) is 26.4 Å². The van der Waals surface area contributed by atoms with Crippen LogP contribution in [-0.4, -0.2) is 125 Å². The number of nitrogens with zero attached hydrogens (tertiary/aromatic N) is 2. The van der Waals surface area contributed by atoms with Crippen molar-refractivity contribution < 1.29 is 79.2 Å². The number of nitrogens with two attached hydrogens (primary N) is 1. The number of ether oxygens (including phenoxy) is 3. The molecular weight excluding hydrogens is 1140 g/mol. The number of halogens is 1. The molecule has 2 amide bonds. The van der Waals surface area contributed by atoms with Gasteiger partial charge in [-0.2, -0.15) is 0 Å². The minimum atomic E-state index is -0.720. The molecule has 0 aliphatic heterocycles. The van der Waals surface area contributed by atoms with E-state index in [-0.39, 0.29) is 131 Å². The molecule has 0 aliphatic rings. The summed E-state index contributed by atoms with van der Waals surface area (Å²) in [6.07, 6.45) is 5.55. The van der Waals surface area contributed by atoms with E-state index in [2.05, 4.69) is 48.3 Å². The number of amides is 2. The van der Waals surface area contributed by atoms with Gasteiger partial charge in [-0.1, -0.05) is 136 Å². The summed E-state index contributed by atoms with van der Waals surface area (Å²) in [5.74, 6) is -1.17. The normalized spacial score (nSPS) is 14.6. The average molecular weight is 1240 g/mol. The summed E-state index contributed by atoms with van der Waals surface area (Å²) in [6, 6.07) is -0.693. The number of aliphatic carboxylic acids is 1. The van der Waals surface area contributed by atoms with Crippen LogP contribution in [0.1, 0.15) is 159 Å². The molecule has 0 spiro atoms. The molecule has 70 heavy (non-hydrogen) atoms. The van der Waals surface area contributed by atoms with Gasteiger partial charge >= 0.3 is 23.9 Å². The standard InChI is InChI=1S/C18H33NO3.C17H32N2O3.C11H21NO2.C7H14O2.BH.ClH.U/c1-10-22-17(21)13(4)11-15(12(2)3)19(9)16(20)14(5)18(6,7)8;1-9-22-16(21)12(4)10-13(11(2)3)19(8)15(20)14(18)17(5,6)7;1-6-14-11(13)9(4)7-10(12-5)8(2)3;1-5(6(8)9)7(2,3)4;;;/h11-12,14-15H,10H2,1-9H3;10-11,13-14H,9,18H2,1-8H3;7-8,10,12H,6H2,1-5H3;5H,1-4H3,(H,8,9);2*1H;/b13-11+;12-10+;9-7+;;;;/t14?,15-;13-,14?;10-;;;;/m111..../s1/i;;;;1T;;. The van der Waals surface area contributed by atoms with Gasteiger partial charge in [0, 0.05) is 82.3 Å². The molecule has 0 aromatic heterocycles. The number of likely N-dealkylation sites (N-methyl/N-ethyl adjacent to an activating group) is 3. The topological polar surface area (TPSA) is 195 Å². The molecule has 0 aromatic carbocycles. The Bertz CT molecular complexity index is 1560. The Morgan fingerprint density at radius 3 is 1.07 bits per heavy atom. The van der Waals surface area contributed by atoms with Crippen LogP contribution in [0.15, 0.2) is 34.9 Å². The van der Waals surface area contributed by atoms with Crippen LogP contribution >= 0.6 is 12.4 Å². The largest absolute Gasteiger partial charge is 0.481 e. The second-order valence-electron chi connectivity index (χ2n) is 21.5. The number of carbonyl (C=O) groups is 6. The van der Waals surface area contributed by atoms with Crippen LogP contribution < -0.4 is 11.1 Å². The first-order chi connectivity index (χ1) is 31.2. The summed E-state index contributed by atoms with van der Waals surface area (Å²) < 4.78 is 20.2. The fourth-order valence-corrected chi connectivity index (χ4v) is 5.76. The third-order valence-corrected chi connectivity index (χ3v) is 11.6. The Labute approximate surface area is 460 Å². The van der Waals surface area contributed by atoms with Crippen LogP contribution in [-0.2, 0) is 43.0 Å². The summed E-state index contributed by atoms with van der Waals surface area (Å²) in [5, 5.41) is 11.7. The summed E-state index contributed by atoms with van der Waals surface area (Å²) in [6.45, 7) is 45.5. The zero-order valence-electron chi connectivity index (χ0n) is 49.6. The van der Waals surface area contributed by atoms with Gasteiger partial charge < -0.3 is 40.2 Å². The Morgan fingerprint density at radius 1 is 0.586 bits per heavy atom. The summed E-state index contributed by atoms with van der Waals surface area (Å²) in [5.41, 5.74) is 7.26. The van der Waals surface area contributed by atoms with Crippen molar-refractivity contribution >= 4 is 56.5 Å². The second-order valence-corrected chi connectivity index (χ2v) is 21.5. The molecule has 17 heteroatoms. The van der Waals surface area contributed by atoms with Crippen molar-refractivity contribution in [1.82, 2.24) is 15.1 Å². The molecule has 2 radical (unpaired) electrons. The molecule has 6 atom stereocenters. The number of nitrogens with one attached hydrogen (secondary N) is 1. The number of hydrogen-bond donors (Lipinski definition) is 3. The molecule has 0 heterocycles. The average Bonchev–Trinajstić information content (AvgIpc) is 3.24. The molecule has 3 unspecified atom stereocenters. The third-order valence-electron chi connectivity index (χ3n) is 11.6. The fourth-order valence-electron chi connectivity index (χ4n) is 5.76. The number of hydrogen-bond acceptors (Lipinski definition) is 11. The van der Waals surface area contributed by atoms with E-state index in [1.807, 2.05) is 109 Å². The van der Waals surface area contributed by atoms with Crippen molar-refractivity contribution in [3.05, 3.63) is 34.9 Å². The van der Waals surface area contributed by atoms with Crippen molar-refractivity contribution in [2.45, 2.75) is 183 Å². The van der Waals surface area contributed by atoms with Gasteiger partial charge in [0.2, 0.25) is 11.8 Å². The van der Waals surface area contributed by atoms with Crippen molar-refractivity contribution in [3.8, 4) is 0 Å². The maximum absolute atomic E-state index is 12.7. The molecule has 0 aromatic rings. The van der Waals surface area contributed by atoms with Gasteiger partial charge in [-0.3, -0.25) is 14.4 Å². The second kappa shape index (κ2) is 38.9. The van der Waals surface area contributed by atoms with E-state index in [9.17, 15) is 28.8 Å². The molecule has 0 bridgehead atoms. The quantitative estimate of drug-likeness (QED) is 0.0510. The zero-order valence-corrected chi connectivity index (χ0v) is 53.6. The Kier molecular flexibility index (Phi) is 43.8. The molecule has 14 nitrogen and oxygen atoms in total.